The first-order valence-corrected chi connectivity index (χ1v) is 9.90. The van der Waals surface area contributed by atoms with E-state index in [9.17, 15) is 28.0 Å². The van der Waals surface area contributed by atoms with Gasteiger partial charge in [0, 0.05) is 6.07 Å². The van der Waals surface area contributed by atoms with Crippen molar-refractivity contribution in [2.24, 2.45) is 0 Å². The largest absolute Gasteiger partial charge is 0.450 e. The van der Waals surface area contributed by atoms with Crippen molar-refractivity contribution in [2.75, 3.05) is 0 Å². The molecule has 0 unspecified atom stereocenters. The van der Waals surface area contributed by atoms with Gasteiger partial charge in [0.2, 0.25) is 11.2 Å². The van der Waals surface area contributed by atoms with Crippen LogP contribution in [0.25, 0.3) is 28.2 Å². The molecule has 0 aliphatic carbocycles. The molecule has 0 N–H and O–H groups in total. The molecular formula is C26H14F3NO4. The third-order valence-corrected chi connectivity index (χ3v) is 4.85. The number of alkyl halides is 3. The Morgan fingerprint density at radius 2 is 1.62 bits per heavy atom. The lowest BCUT2D eigenvalue weighted by Crippen LogP contribution is -2.16. The molecule has 0 saturated heterocycles. The van der Waals surface area contributed by atoms with E-state index in [4.69, 9.17) is 9.15 Å². The van der Waals surface area contributed by atoms with Gasteiger partial charge in [0.15, 0.2) is 0 Å². The number of ether oxygens (including phenoxy) is 1. The van der Waals surface area contributed by atoms with Crippen LogP contribution in [0, 0.1) is 11.3 Å². The van der Waals surface area contributed by atoms with Crippen LogP contribution >= 0.6 is 0 Å². The van der Waals surface area contributed by atoms with Crippen molar-refractivity contribution >= 4 is 23.0 Å². The summed E-state index contributed by atoms with van der Waals surface area (Å²) in [5.74, 6) is -2.65. The first-order valence-electron chi connectivity index (χ1n) is 9.90. The highest BCUT2D eigenvalue weighted by Gasteiger charge is 2.39. The third-order valence-electron chi connectivity index (χ3n) is 4.85. The second-order valence-corrected chi connectivity index (χ2v) is 7.13. The van der Waals surface area contributed by atoms with Crippen molar-refractivity contribution in [3.8, 4) is 22.9 Å². The molecule has 1 heterocycles. The maximum absolute atomic E-state index is 13.7. The summed E-state index contributed by atoms with van der Waals surface area (Å²) in [5, 5.41) is 9.19. The van der Waals surface area contributed by atoms with Gasteiger partial charge in [-0.15, -0.1) is 0 Å². The minimum absolute atomic E-state index is 0.0608. The first kappa shape index (κ1) is 22.6. The monoisotopic (exact) mass is 461 g/mol. The minimum atomic E-state index is -4.95. The van der Waals surface area contributed by atoms with Crippen molar-refractivity contribution in [3.05, 3.63) is 106 Å². The molecule has 0 saturated carbocycles. The fourth-order valence-corrected chi connectivity index (χ4v) is 3.32. The van der Waals surface area contributed by atoms with E-state index >= 15 is 0 Å². The maximum Gasteiger partial charge on any atom is 0.450 e. The van der Waals surface area contributed by atoms with Crippen LogP contribution in [0.2, 0.25) is 0 Å². The molecule has 0 bridgehead atoms. The summed E-state index contributed by atoms with van der Waals surface area (Å²) >= 11 is 0. The average Bonchev–Trinajstić information content (AvgIpc) is 2.83. The molecule has 0 aliphatic heterocycles. The Hall–Kier alpha value is -4.64. The Morgan fingerprint density at radius 3 is 2.24 bits per heavy atom. The second kappa shape index (κ2) is 9.08. The summed E-state index contributed by atoms with van der Waals surface area (Å²) in [7, 11) is 0. The van der Waals surface area contributed by atoms with E-state index in [1.54, 1.807) is 42.5 Å². The standard InChI is InChI=1S/C26H14F3NO4/c27-26(28,29)24-22(17-9-5-2-6-10-17)23(31)20-12-11-19(14-21(20)34-24)33-25(32)18(15-30)13-16-7-3-1-4-8-16/h1-14H/b18-13+. The van der Waals surface area contributed by atoms with Crippen LogP contribution < -0.4 is 10.2 Å². The highest BCUT2D eigenvalue weighted by atomic mass is 19.4. The Balaban J connectivity index is 1.76. The zero-order valence-electron chi connectivity index (χ0n) is 17.3. The molecule has 0 spiro atoms. The molecule has 4 rings (SSSR count). The van der Waals surface area contributed by atoms with Gasteiger partial charge in [0.1, 0.15) is 23.0 Å². The second-order valence-electron chi connectivity index (χ2n) is 7.13. The van der Waals surface area contributed by atoms with Gasteiger partial charge < -0.3 is 9.15 Å². The summed E-state index contributed by atoms with van der Waals surface area (Å²) in [6.07, 6.45) is -3.63. The fourth-order valence-electron chi connectivity index (χ4n) is 3.32. The van der Waals surface area contributed by atoms with Crippen LogP contribution in [0.3, 0.4) is 0 Å². The van der Waals surface area contributed by atoms with E-state index in [2.05, 4.69) is 0 Å². The van der Waals surface area contributed by atoms with Gasteiger partial charge in [-0.05, 0) is 29.3 Å². The number of benzene rings is 3. The molecule has 34 heavy (non-hydrogen) atoms. The first-order chi connectivity index (χ1) is 16.3. The molecule has 168 valence electrons. The Labute approximate surface area is 190 Å². The van der Waals surface area contributed by atoms with E-state index in [1.165, 1.54) is 42.5 Å². The van der Waals surface area contributed by atoms with Gasteiger partial charge in [-0.3, -0.25) is 4.79 Å². The van der Waals surface area contributed by atoms with Crippen LogP contribution in [-0.2, 0) is 11.0 Å². The third kappa shape index (κ3) is 4.59. The molecule has 0 atom stereocenters. The predicted octanol–water partition coefficient (Wildman–Crippen LogP) is 5.99. The number of fused-ring (bicyclic) bond motifs is 1. The lowest BCUT2D eigenvalue weighted by Gasteiger charge is -2.13. The summed E-state index contributed by atoms with van der Waals surface area (Å²) in [6.45, 7) is 0. The van der Waals surface area contributed by atoms with Crippen LogP contribution in [0.1, 0.15) is 11.3 Å². The Bertz CT molecular complexity index is 1500. The number of halogens is 3. The van der Waals surface area contributed by atoms with Crippen molar-refractivity contribution < 1.29 is 27.1 Å². The lowest BCUT2D eigenvalue weighted by molar-refractivity contribution is -0.152. The van der Waals surface area contributed by atoms with Gasteiger partial charge in [-0.1, -0.05) is 60.7 Å². The van der Waals surface area contributed by atoms with E-state index in [0.29, 0.717) is 5.56 Å². The number of nitrogens with zero attached hydrogens (tertiary/aromatic N) is 1. The van der Waals surface area contributed by atoms with E-state index in [-0.39, 0.29) is 22.3 Å². The van der Waals surface area contributed by atoms with Gasteiger partial charge in [0.05, 0.1) is 10.9 Å². The van der Waals surface area contributed by atoms with E-state index in [0.717, 1.165) is 6.07 Å². The topological polar surface area (TPSA) is 80.3 Å². The van der Waals surface area contributed by atoms with Crippen molar-refractivity contribution in [1.29, 1.82) is 5.26 Å². The number of hydrogen-bond acceptors (Lipinski definition) is 5. The number of hydrogen-bond donors (Lipinski definition) is 0. The van der Waals surface area contributed by atoms with Crippen LogP contribution in [0.5, 0.6) is 5.75 Å². The van der Waals surface area contributed by atoms with Crippen molar-refractivity contribution in [1.82, 2.24) is 0 Å². The number of carbonyl (C=O) groups excluding carboxylic acids is 1. The zero-order chi connectivity index (χ0) is 24.3. The minimum Gasteiger partial charge on any atom is -0.450 e. The number of carbonyl (C=O) groups is 1. The highest BCUT2D eigenvalue weighted by molar-refractivity contribution is 5.99. The van der Waals surface area contributed by atoms with Gasteiger partial charge in [-0.25, -0.2) is 4.79 Å². The SMILES string of the molecule is N#C/C(=C\c1ccccc1)C(=O)Oc1ccc2c(=O)c(-c3ccccc3)c(C(F)(F)F)oc2c1. The Morgan fingerprint density at radius 1 is 0.971 bits per heavy atom. The van der Waals surface area contributed by atoms with Crippen molar-refractivity contribution in [3.63, 3.8) is 0 Å². The van der Waals surface area contributed by atoms with Gasteiger partial charge >= 0.3 is 12.1 Å². The summed E-state index contributed by atoms with van der Waals surface area (Å²) in [4.78, 5) is 25.4. The zero-order valence-corrected chi connectivity index (χ0v) is 17.3. The summed E-state index contributed by atoms with van der Waals surface area (Å²) in [5.41, 5.74) is -1.56. The number of rotatable bonds is 4. The highest BCUT2D eigenvalue weighted by Crippen LogP contribution is 2.37. The molecule has 4 aromatic rings. The van der Waals surface area contributed by atoms with Crippen LogP contribution in [0.4, 0.5) is 13.2 Å². The smallest absolute Gasteiger partial charge is 0.450 e. The molecule has 8 heteroatoms. The summed E-state index contributed by atoms with van der Waals surface area (Å²) in [6, 6.07) is 21.2. The number of nitriles is 1. The molecular weight excluding hydrogens is 447 g/mol. The van der Waals surface area contributed by atoms with Gasteiger partial charge in [0.25, 0.3) is 0 Å². The average molecular weight is 461 g/mol. The number of esters is 1. The van der Waals surface area contributed by atoms with Crippen LogP contribution in [-0.4, -0.2) is 5.97 Å². The predicted molar refractivity (Wildman–Crippen MR) is 119 cm³/mol. The van der Waals surface area contributed by atoms with E-state index in [1.807, 2.05) is 0 Å². The molecule has 0 radical (unpaired) electrons. The maximum atomic E-state index is 13.7. The normalized spacial score (nSPS) is 11.8. The molecule has 3 aromatic carbocycles. The molecule has 0 aliphatic rings. The molecule has 5 nitrogen and oxygen atoms in total. The summed E-state index contributed by atoms with van der Waals surface area (Å²) < 4.78 is 51.5. The molecule has 0 amide bonds. The Kier molecular flexibility index (Phi) is 6.02. The quantitative estimate of drug-likeness (QED) is 0.161. The van der Waals surface area contributed by atoms with Crippen LogP contribution in [0.15, 0.2) is 93.6 Å². The van der Waals surface area contributed by atoms with E-state index < -0.39 is 34.5 Å². The lowest BCUT2D eigenvalue weighted by atomic mass is 10.0. The fraction of sp³-hybridized carbons (Fsp3) is 0.0385. The van der Waals surface area contributed by atoms with Gasteiger partial charge in [-0.2, -0.15) is 18.4 Å². The molecule has 1 aromatic heterocycles. The van der Waals surface area contributed by atoms with Crippen molar-refractivity contribution in [2.45, 2.75) is 6.18 Å². The molecule has 0 fully saturated rings.